The number of rotatable bonds is 1. The summed E-state index contributed by atoms with van der Waals surface area (Å²) in [5.74, 6) is -1.16. The van der Waals surface area contributed by atoms with Crippen LogP contribution in [0.2, 0.25) is 0 Å². The molecule has 1 heterocycles. The van der Waals surface area contributed by atoms with Gasteiger partial charge in [-0.2, -0.15) is 13.2 Å². The van der Waals surface area contributed by atoms with Crippen LogP contribution >= 0.6 is 0 Å². The first-order valence-corrected chi connectivity index (χ1v) is 3.92. The minimum absolute atomic E-state index is 0.0534. The molecule has 0 aromatic heterocycles. The van der Waals surface area contributed by atoms with Gasteiger partial charge in [-0.1, -0.05) is 0 Å². The highest BCUT2D eigenvalue weighted by Crippen LogP contribution is 2.28. The molecule has 6 heteroatoms. The van der Waals surface area contributed by atoms with Gasteiger partial charge in [0.15, 0.2) is 6.10 Å². The maximum atomic E-state index is 12.0. The van der Waals surface area contributed by atoms with Crippen molar-refractivity contribution >= 4 is 5.91 Å². The van der Waals surface area contributed by atoms with E-state index in [2.05, 4.69) is 5.32 Å². The van der Waals surface area contributed by atoms with Gasteiger partial charge in [0, 0.05) is 18.9 Å². The summed E-state index contributed by atoms with van der Waals surface area (Å²) in [5.41, 5.74) is 0. The molecule has 1 fully saturated rings. The largest absolute Gasteiger partial charge is 0.414 e. The van der Waals surface area contributed by atoms with Crippen LogP contribution in [0.1, 0.15) is 12.8 Å². The molecule has 0 radical (unpaired) electrons. The number of alkyl halides is 3. The maximum absolute atomic E-state index is 12.0. The molecular weight excluding hydrogens is 187 g/mol. The highest BCUT2D eigenvalue weighted by atomic mass is 19.4. The molecule has 0 aromatic carbocycles. The summed E-state index contributed by atoms with van der Waals surface area (Å²) in [6, 6.07) is 0. The average Bonchev–Trinajstić information content (AvgIpc) is 2.03. The minimum Gasteiger partial charge on any atom is -0.383 e. The second-order valence-corrected chi connectivity index (χ2v) is 3.09. The summed E-state index contributed by atoms with van der Waals surface area (Å²) in [6.07, 6.45) is -6.77. The number of nitrogens with one attached hydrogen (secondary N) is 1. The van der Waals surface area contributed by atoms with Gasteiger partial charge in [-0.3, -0.25) is 4.79 Å². The van der Waals surface area contributed by atoms with E-state index in [4.69, 9.17) is 5.11 Å². The normalized spacial score (nSPS) is 26.8. The summed E-state index contributed by atoms with van der Waals surface area (Å²) < 4.78 is 35.9. The number of halogens is 3. The monoisotopic (exact) mass is 197 g/mol. The van der Waals surface area contributed by atoms with Crippen LogP contribution in [-0.2, 0) is 4.79 Å². The maximum Gasteiger partial charge on any atom is 0.414 e. The summed E-state index contributed by atoms with van der Waals surface area (Å²) in [5, 5.41) is 11.1. The molecule has 0 aliphatic carbocycles. The smallest absolute Gasteiger partial charge is 0.383 e. The Morgan fingerprint density at radius 1 is 1.54 bits per heavy atom. The third kappa shape index (κ3) is 2.58. The summed E-state index contributed by atoms with van der Waals surface area (Å²) in [7, 11) is 0. The summed E-state index contributed by atoms with van der Waals surface area (Å²) >= 11 is 0. The van der Waals surface area contributed by atoms with Crippen LogP contribution in [0.25, 0.3) is 0 Å². The van der Waals surface area contributed by atoms with E-state index in [9.17, 15) is 18.0 Å². The molecule has 2 atom stereocenters. The van der Waals surface area contributed by atoms with E-state index in [0.717, 1.165) is 0 Å². The van der Waals surface area contributed by atoms with Gasteiger partial charge >= 0.3 is 6.18 Å². The third-order valence-electron chi connectivity index (χ3n) is 2.09. The number of amides is 1. The fourth-order valence-corrected chi connectivity index (χ4v) is 1.29. The van der Waals surface area contributed by atoms with E-state index in [0.29, 0.717) is 0 Å². The van der Waals surface area contributed by atoms with Gasteiger partial charge < -0.3 is 10.4 Å². The zero-order valence-corrected chi connectivity index (χ0v) is 6.77. The first kappa shape index (κ1) is 10.3. The quantitative estimate of drug-likeness (QED) is 0.640. The number of hydrogen-bond acceptors (Lipinski definition) is 2. The SMILES string of the molecule is O=C1CCC(C(O)C(F)(F)F)CN1. The van der Waals surface area contributed by atoms with Crippen LogP contribution < -0.4 is 5.32 Å². The molecule has 0 aromatic rings. The molecular formula is C7H10F3NO2. The van der Waals surface area contributed by atoms with Crippen LogP contribution in [0.5, 0.6) is 0 Å². The highest BCUT2D eigenvalue weighted by molar-refractivity contribution is 5.76. The van der Waals surface area contributed by atoms with E-state index in [1.54, 1.807) is 0 Å². The fraction of sp³-hybridized carbons (Fsp3) is 0.857. The molecule has 2 unspecified atom stereocenters. The molecule has 1 aliphatic heterocycles. The Hall–Kier alpha value is -0.780. The van der Waals surface area contributed by atoms with Gasteiger partial charge in [0.25, 0.3) is 0 Å². The average molecular weight is 197 g/mol. The number of aliphatic hydroxyl groups excluding tert-OH is 1. The predicted molar refractivity (Wildman–Crippen MR) is 37.8 cm³/mol. The van der Waals surface area contributed by atoms with Gasteiger partial charge in [-0.05, 0) is 6.42 Å². The standard InChI is InChI=1S/C7H10F3NO2/c8-7(9,10)6(13)4-1-2-5(12)11-3-4/h4,6,13H,1-3H2,(H,11,12). The Balaban J connectivity index is 2.49. The molecule has 2 N–H and O–H groups in total. The highest BCUT2D eigenvalue weighted by Gasteiger charge is 2.44. The van der Waals surface area contributed by atoms with Crippen LogP contribution in [0.4, 0.5) is 13.2 Å². The van der Waals surface area contributed by atoms with Crippen molar-refractivity contribution in [3.05, 3.63) is 0 Å². The summed E-state index contributed by atoms with van der Waals surface area (Å²) in [6.45, 7) is -0.0977. The molecule has 0 bridgehead atoms. The van der Waals surface area contributed by atoms with Crippen molar-refractivity contribution in [2.75, 3.05) is 6.54 Å². The van der Waals surface area contributed by atoms with Gasteiger partial charge in [-0.25, -0.2) is 0 Å². The fourth-order valence-electron chi connectivity index (χ4n) is 1.29. The van der Waals surface area contributed by atoms with E-state index in [-0.39, 0.29) is 25.3 Å². The van der Waals surface area contributed by atoms with E-state index < -0.39 is 18.2 Å². The first-order chi connectivity index (χ1) is 5.91. The van der Waals surface area contributed by atoms with Crippen LogP contribution in [0, 0.1) is 5.92 Å². The molecule has 3 nitrogen and oxygen atoms in total. The van der Waals surface area contributed by atoms with Crippen molar-refractivity contribution in [2.24, 2.45) is 5.92 Å². The molecule has 0 spiro atoms. The predicted octanol–water partition coefficient (Wildman–Crippen LogP) is 0.436. The lowest BCUT2D eigenvalue weighted by molar-refractivity contribution is -0.220. The molecule has 1 aliphatic rings. The van der Waals surface area contributed by atoms with E-state index in [1.165, 1.54) is 0 Å². The van der Waals surface area contributed by atoms with Crippen LogP contribution in [-0.4, -0.2) is 29.8 Å². The van der Waals surface area contributed by atoms with Crippen molar-refractivity contribution in [3.8, 4) is 0 Å². The topological polar surface area (TPSA) is 49.3 Å². The zero-order chi connectivity index (χ0) is 10.1. The number of piperidine rings is 1. The Labute approximate surface area is 72.9 Å². The van der Waals surface area contributed by atoms with Crippen molar-refractivity contribution in [1.29, 1.82) is 0 Å². The van der Waals surface area contributed by atoms with Crippen molar-refractivity contribution in [2.45, 2.75) is 25.1 Å². The number of hydrogen-bond donors (Lipinski definition) is 2. The Morgan fingerprint density at radius 2 is 2.15 bits per heavy atom. The second-order valence-electron chi connectivity index (χ2n) is 3.09. The van der Waals surface area contributed by atoms with Gasteiger partial charge in [-0.15, -0.1) is 0 Å². The number of aliphatic hydroxyl groups is 1. The van der Waals surface area contributed by atoms with Gasteiger partial charge in [0.05, 0.1) is 0 Å². The van der Waals surface area contributed by atoms with Crippen LogP contribution in [0.3, 0.4) is 0 Å². The molecule has 1 saturated heterocycles. The van der Waals surface area contributed by atoms with Crippen LogP contribution in [0.15, 0.2) is 0 Å². The molecule has 76 valence electrons. The molecule has 13 heavy (non-hydrogen) atoms. The van der Waals surface area contributed by atoms with Gasteiger partial charge in [0.2, 0.25) is 5.91 Å². The zero-order valence-electron chi connectivity index (χ0n) is 6.77. The molecule has 1 amide bonds. The Bertz CT molecular complexity index is 194. The number of carbonyl (C=O) groups is 1. The Morgan fingerprint density at radius 3 is 2.54 bits per heavy atom. The summed E-state index contributed by atoms with van der Waals surface area (Å²) in [4.78, 5) is 10.6. The van der Waals surface area contributed by atoms with Crippen molar-refractivity contribution in [3.63, 3.8) is 0 Å². The second kappa shape index (κ2) is 3.53. The lowest BCUT2D eigenvalue weighted by Gasteiger charge is -2.28. The molecule has 0 saturated carbocycles. The number of carbonyl (C=O) groups excluding carboxylic acids is 1. The van der Waals surface area contributed by atoms with E-state index >= 15 is 0 Å². The molecule has 1 rings (SSSR count). The first-order valence-electron chi connectivity index (χ1n) is 3.92. The third-order valence-corrected chi connectivity index (χ3v) is 2.09. The lowest BCUT2D eigenvalue weighted by Crippen LogP contribution is -2.45. The van der Waals surface area contributed by atoms with Crippen molar-refractivity contribution in [1.82, 2.24) is 5.32 Å². The van der Waals surface area contributed by atoms with Crippen molar-refractivity contribution < 1.29 is 23.1 Å². The van der Waals surface area contributed by atoms with Gasteiger partial charge in [0.1, 0.15) is 0 Å². The lowest BCUT2D eigenvalue weighted by atomic mass is 9.93. The minimum atomic E-state index is -4.59. The van der Waals surface area contributed by atoms with E-state index in [1.807, 2.05) is 0 Å². The Kier molecular flexibility index (Phi) is 2.80.